The maximum absolute atomic E-state index is 12.9. The van der Waals surface area contributed by atoms with Gasteiger partial charge in [-0.25, -0.2) is 9.97 Å². The normalized spacial score (nSPS) is 17.1. The van der Waals surface area contributed by atoms with Gasteiger partial charge in [-0.15, -0.1) is 0 Å². The monoisotopic (exact) mass is 479 g/mol. The number of anilines is 2. The molecular weight excluding hydrogens is 454 g/mol. The smallest absolute Gasteiger partial charge is 0.270 e. The first-order chi connectivity index (χ1) is 17.5. The first-order valence-electron chi connectivity index (χ1n) is 11.8. The zero-order valence-electron chi connectivity index (χ0n) is 19.6. The Labute approximate surface area is 207 Å². The number of hydrogen-bond acceptors (Lipinski definition) is 6. The van der Waals surface area contributed by atoms with E-state index < -0.39 is 0 Å². The van der Waals surface area contributed by atoms with Gasteiger partial charge in [-0.1, -0.05) is 24.3 Å². The molecule has 0 saturated heterocycles. The van der Waals surface area contributed by atoms with Crippen LogP contribution >= 0.6 is 0 Å². The lowest BCUT2D eigenvalue weighted by Crippen LogP contribution is -2.47. The van der Waals surface area contributed by atoms with Crippen molar-refractivity contribution in [2.24, 2.45) is 0 Å². The van der Waals surface area contributed by atoms with Crippen molar-refractivity contribution in [1.82, 2.24) is 30.0 Å². The zero-order chi connectivity index (χ0) is 24.6. The molecule has 0 spiro atoms. The van der Waals surface area contributed by atoms with E-state index in [-0.39, 0.29) is 18.1 Å². The van der Waals surface area contributed by atoms with E-state index >= 15 is 0 Å². The van der Waals surface area contributed by atoms with Gasteiger partial charge in [0.1, 0.15) is 11.5 Å². The van der Waals surface area contributed by atoms with Crippen LogP contribution in [0.4, 0.5) is 11.5 Å². The van der Waals surface area contributed by atoms with Gasteiger partial charge in [0.15, 0.2) is 5.82 Å². The second kappa shape index (κ2) is 8.94. The maximum atomic E-state index is 12.9. The van der Waals surface area contributed by atoms with Gasteiger partial charge >= 0.3 is 0 Å². The largest absolute Gasteiger partial charge is 0.393 e. The third-order valence-electron chi connectivity index (χ3n) is 6.71. The quantitative estimate of drug-likeness (QED) is 0.287. The van der Waals surface area contributed by atoms with E-state index in [9.17, 15) is 9.90 Å². The van der Waals surface area contributed by atoms with Gasteiger partial charge in [-0.05, 0) is 48.7 Å². The molecule has 3 aromatic heterocycles. The van der Waals surface area contributed by atoms with Gasteiger partial charge < -0.3 is 20.3 Å². The van der Waals surface area contributed by atoms with Gasteiger partial charge in [-0.3, -0.25) is 9.89 Å². The minimum atomic E-state index is -0.303. The molecule has 0 unspecified atom stereocenters. The molecular formula is C27H25N7O2. The molecule has 0 radical (unpaired) electrons. The Morgan fingerprint density at radius 1 is 1.06 bits per heavy atom. The average molecular weight is 480 g/mol. The number of aliphatic hydroxyl groups is 1. The lowest BCUT2D eigenvalue weighted by Gasteiger charge is -2.38. The van der Waals surface area contributed by atoms with Crippen molar-refractivity contribution in [3.8, 4) is 22.5 Å². The summed E-state index contributed by atoms with van der Waals surface area (Å²) in [6.45, 7) is 0. The van der Waals surface area contributed by atoms with Crippen LogP contribution in [-0.2, 0) is 0 Å². The Bertz CT molecular complexity index is 1520. The summed E-state index contributed by atoms with van der Waals surface area (Å²) in [6.07, 6.45) is 6.32. The first kappa shape index (κ1) is 22.0. The van der Waals surface area contributed by atoms with E-state index in [4.69, 9.17) is 0 Å². The Hall–Kier alpha value is -4.50. The van der Waals surface area contributed by atoms with E-state index in [2.05, 4.69) is 30.5 Å². The van der Waals surface area contributed by atoms with Gasteiger partial charge in [0, 0.05) is 53.2 Å². The number of hydrogen-bond donors (Lipinski definition) is 4. The van der Waals surface area contributed by atoms with Crippen molar-refractivity contribution in [2.75, 3.05) is 12.4 Å². The van der Waals surface area contributed by atoms with Crippen LogP contribution in [0.25, 0.3) is 33.4 Å². The molecule has 36 heavy (non-hydrogen) atoms. The van der Waals surface area contributed by atoms with Crippen molar-refractivity contribution in [2.45, 2.75) is 25.0 Å². The molecule has 5 aromatic rings. The summed E-state index contributed by atoms with van der Waals surface area (Å²) in [4.78, 5) is 27.0. The molecule has 9 nitrogen and oxygen atoms in total. The lowest BCUT2D eigenvalue weighted by atomic mass is 9.88. The highest BCUT2D eigenvalue weighted by Crippen LogP contribution is 2.28. The van der Waals surface area contributed by atoms with Crippen molar-refractivity contribution < 1.29 is 9.90 Å². The van der Waals surface area contributed by atoms with Gasteiger partial charge in [0.05, 0.1) is 12.3 Å². The fourth-order valence-corrected chi connectivity index (χ4v) is 4.48. The summed E-state index contributed by atoms with van der Waals surface area (Å²) >= 11 is 0. The van der Waals surface area contributed by atoms with Crippen LogP contribution in [0.1, 0.15) is 23.3 Å². The summed E-state index contributed by atoms with van der Waals surface area (Å²) < 4.78 is 0. The van der Waals surface area contributed by atoms with Crippen LogP contribution in [0.2, 0.25) is 0 Å². The predicted molar refractivity (Wildman–Crippen MR) is 138 cm³/mol. The summed E-state index contributed by atoms with van der Waals surface area (Å²) in [5.74, 6) is 1.19. The molecule has 0 aliphatic heterocycles. The number of nitrogens with zero attached hydrogens (tertiary/aromatic N) is 4. The van der Waals surface area contributed by atoms with Crippen LogP contribution in [-0.4, -0.2) is 60.3 Å². The van der Waals surface area contributed by atoms with Crippen LogP contribution in [0.15, 0.2) is 73.2 Å². The predicted octanol–water partition coefficient (Wildman–Crippen LogP) is 4.35. The Morgan fingerprint density at radius 3 is 2.61 bits per heavy atom. The highest BCUT2D eigenvalue weighted by Gasteiger charge is 2.33. The number of fused-ring (bicyclic) bond motifs is 1. The van der Waals surface area contributed by atoms with Crippen LogP contribution < -0.4 is 5.32 Å². The molecule has 180 valence electrons. The molecule has 9 heteroatoms. The number of aromatic nitrogens is 5. The number of carbonyl (C=O) groups excluding carboxylic acids is 1. The van der Waals surface area contributed by atoms with E-state index in [1.807, 2.05) is 60.8 Å². The van der Waals surface area contributed by atoms with Crippen molar-refractivity contribution in [3.63, 3.8) is 0 Å². The number of nitrogens with one attached hydrogen (secondary N) is 3. The van der Waals surface area contributed by atoms with Gasteiger partial charge in [0.25, 0.3) is 5.91 Å². The summed E-state index contributed by atoms with van der Waals surface area (Å²) in [5.41, 5.74) is 5.24. The molecule has 1 aliphatic rings. The van der Waals surface area contributed by atoms with Crippen LogP contribution in [0.5, 0.6) is 0 Å². The van der Waals surface area contributed by atoms with E-state index in [0.717, 1.165) is 33.3 Å². The number of rotatable bonds is 6. The average Bonchev–Trinajstić information content (AvgIpc) is 3.56. The molecule has 0 bridgehead atoms. The highest BCUT2D eigenvalue weighted by molar-refractivity contribution is 5.98. The van der Waals surface area contributed by atoms with Crippen molar-refractivity contribution in [3.05, 3.63) is 78.9 Å². The SMILES string of the molecule is CN(C(=O)c1cc2ccc(-c3nccc(Nc4ccc(-c5cn[nH]c5)cc4)n3)cc2[nH]1)C1CC(O)C1. The molecule has 1 saturated carbocycles. The molecule has 2 aromatic carbocycles. The van der Waals surface area contributed by atoms with Crippen LogP contribution in [0.3, 0.4) is 0 Å². The third kappa shape index (κ3) is 4.20. The van der Waals surface area contributed by atoms with Crippen LogP contribution in [0, 0.1) is 0 Å². The second-order valence-electron chi connectivity index (χ2n) is 9.13. The molecule has 3 heterocycles. The molecule has 0 atom stereocenters. The molecule has 6 rings (SSSR count). The fraction of sp³-hybridized carbons (Fsp3) is 0.185. The number of H-pyrrole nitrogens is 2. The Balaban J connectivity index is 1.20. The zero-order valence-corrected chi connectivity index (χ0v) is 19.6. The van der Waals surface area contributed by atoms with Crippen molar-refractivity contribution in [1.29, 1.82) is 0 Å². The molecule has 1 amide bonds. The van der Waals surface area contributed by atoms with Crippen molar-refractivity contribution >= 4 is 28.3 Å². The van der Waals surface area contributed by atoms with E-state index in [0.29, 0.717) is 30.2 Å². The number of benzene rings is 2. The summed E-state index contributed by atoms with van der Waals surface area (Å²) in [6, 6.07) is 17.7. The topological polar surface area (TPSA) is 123 Å². The molecule has 1 aliphatic carbocycles. The number of aromatic amines is 2. The minimum absolute atomic E-state index is 0.0779. The second-order valence-corrected chi connectivity index (χ2v) is 9.13. The van der Waals surface area contributed by atoms with E-state index in [1.165, 1.54) is 0 Å². The number of carbonyl (C=O) groups is 1. The third-order valence-corrected chi connectivity index (χ3v) is 6.71. The van der Waals surface area contributed by atoms with Gasteiger partial charge in [-0.2, -0.15) is 5.10 Å². The lowest BCUT2D eigenvalue weighted by molar-refractivity contribution is 0.0130. The standard InChI is InChI=1S/C27H25N7O2/c1-34(21-12-22(35)13-21)27(36)24-10-17-2-3-18(11-23(17)32-24)26-28-9-8-25(33-26)31-20-6-4-16(5-7-20)19-14-29-30-15-19/h2-11,14-15,21-22,32,35H,12-13H2,1H3,(H,29,30)(H,28,31,33). The fourth-order valence-electron chi connectivity index (χ4n) is 4.48. The highest BCUT2D eigenvalue weighted by atomic mass is 16.3. The summed E-state index contributed by atoms with van der Waals surface area (Å²) in [7, 11) is 1.78. The molecule has 4 N–H and O–H groups in total. The number of aliphatic hydroxyl groups excluding tert-OH is 1. The minimum Gasteiger partial charge on any atom is -0.393 e. The Morgan fingerprint density at radius 2 is 1.86 bits per heavy atom. The van der Waals surface area contributed by atoms with Gasteiger partial charge in [0.2, 0.25) is 0 Å². The number of amides is 1. The Kier molecular flexibility index (Phi) is 5.46. The van der Waals surface area contributed by atoms with E-state index in [1.54, 1.807) is 24.3 Å². The molecule has 1 fully saturated rings. The first-order valence-corrected chi connectivity index (χ1v) is 11.8. The summed E-state index contributed by atoms with van der Waals surface area (Å²) in [5, 5.41) is 20.6. The maximum Gasteiger partial charge on any atom is 0.270 e.